The van der Waals surface area contributed by atoms with E-state index in [1.165, 1.54) is 0 Å². The normalized spacial score (nSPS) is 19.5. The number of carbonyl (C=O) groups is 2. The third-order valence-corrected chi connectivity index (χ3v) is 3.14. The van der Waals surface area contributed by atoms with E-state index in [2.05, 4.69) is 0 Å². The van der Waals surface area contributed by atoms with Crippen LogP contribution in [0.25, 0.3) is 0 Å². The molecule has 0 bridgehead atoms. The number of hydrogen-bond donors (Lipinski definition) is 0. The largest absolute Gasteiger partial charge is 0.273 e. The SMILES string of the molecule is O=C1Cc2ccccc2C(=O)N2CCCN12. The zero-order valence-electron chi connectivity index (χ0n) is 8.85. The number of amides is 2. The van der Waals surface area contributed by atoms with E-state index in [9.17, 15) is 9.59 Å². The Morgan fingerprint density at radius 2 is 1.75 bits per heavy atom. The Kier molecular flexibility index (Phi) is 1.96. The number of benzene rings is 1. The Balaban J connectivity index is 2.11. The van der Waals surface area contributed by atoms with Crippen molar-refractivity contribution in [2.24, 2.45) is 0 Å². The molecule has 16 heavy (non-hydrogen) atoms. The third kappa shape index (κ3) is 1.23. The molecule has 0 N–H and O–H groups in total. The van der Waals surface area contributed by atoms with Gasteiger partial charge in [0, 0.05) is 18.7 Å². The van der Waals surface area contributed by atoms with Crippen LogP contribution >= 0.6 is 0 Å². The van der Waals surface area contributed by atoms with Crippen LogP contribution in [0.4, 0.5) is 0 Å². The monoisotopic (exact) mass is 216 g/mol. The summed E-state index contributed by atoms with van der Waals surface area (Å²) < 4.78 is 0. The lowest BCUT2D eigenvalue weighted by Crippen LogP contribution is -2.43. The topological polar surface area (TPSA) is 40.6 Å². The van der Waals surface area contributed by atoms with E-state index in [-0.39, 0.29) is 11.8 Å². The molecular formula is C12H12N2O2. The summed E-state index contributed by atoms with van der Waals surface area (Å²) in [5.74, 6) is -0.0187. The Morgan fingerprint density at radius 1 is 1.00 bits per heavy atom. The zero-order chi connectivity index (χ0) is 11.1. The van der Waals surface area contributed by atoms with Crippen LogP contribution in [0.5, 0.6) is 0 Å². The number of nitrogens with zero attached hydrogens (tertiary/aromatic N) is 2. The smallest absolute Gasteiger partial charge is 0.272 e. The van der Waals surface area contributed by atoms with Gasteiger partial charge in [0.2, 0.25) is 5.91 Å². The Morgan fingerprint density at radius 3 is 2.62 bits per heavy atom. The molecule has 1 fully saturated rings. The summed E-state index contributed by atoms with van der Waals surface area (Å²) in [5.41, 5.74) is 1.51. The van der Waals surface area contributed by atoms with Gasteiger partial charge in [-0.3, -0.25) is 14.6 Å². The van der Waals surface area contributed by atoms with Gasteiger partial charge in [0.25, 0.3) is 5.91 Å². The highest BCUT2D eigenvalue weighted by Crippen LogP contribution is 2.23. The first-order valence-electron chi connectivity index (χ1n) is 5.47. The number of carbonyl (C=O) groups excluding carboxylic acids is 2. The lowest BCUT2D eigenvalue weighted by atomic mass is 10.0. The molecule has 0 unspecified atom stereocenters. The maximum atomic E-state index is 12.2. The maximum absolute atomic E-state index is 12.2. The van der Waals surface area contributed by atoms with E-state index in [1.807, 2.05) is 18.2 Å². The van der Waals surface area contributed by atoms with Crippen molar-refractivity contribution in [3.63, 3.8) is 0 Å². The van der Waals surface area contributed by atoms with E-state index in [4.69, 9.17) is 0 Å². The van der Waals surface area contributed by atoms with E-state index in [1.54, 1.807) is 16.1 Å². The fourth-order valence-electron chi connectivity index (χ4n) is 2.36. The molecule has 2 aliphatic heterocycles. The van der Waals surface area contributed by atoms with Crippen molar-refractivity contribution in [2.75, 3.05) is 13.1 Å². The molecule has 4 nitrogen and oxygen atoms in total. The predicted molar refractivity (Wildman–Crippen MR) is 57.5 cm³/mol. The molecule has 0 atom stereocenters. The number of hydrogen-bond acceptors (Lipinski definition) is 2. The molecule has 0 saturated carbocycles. The molecule has 82 valence electrons. The molecule has 3 rings (SSSR count). The van der Waals surface area contributed by atoms with E-state index in [0.29, 0.717) is 25.1 Å². The highest BCUT2D eigenvalue weighted by Gasteiger charge is 2.35. The molecule has 2 heterocycles. The van der Waals surface area contributed by atoms with Crippen molar-refractivity contribution in [3.05, 3.63) is 35.4 Å². The Labute approximate surface area is 93.4 Å². The minimum absolute atomic E-state index is 0.0239. The molecular weight excluding hydrogens is 204 g/mol. The van der Waals surface area contributed by atoms with Gasteiger partial charge < -0.3 is 0 Å². The quantitative estimate of drug-likeness (QED) is 0.644. The molecule has 2 aliphatic rings. The standard InChI is InChI=1S/C12H12N2O2/c15-11-8-9-4-1-2-5-10(9)12(16)14-7-3-6-13(11)14/h1-2,4-5H,3,6-8H2. The van der Waals surface area contributed by atoms with Crippen LogP contribution in [0.3, 0.4) is 0 Å². The molecule has 1 saturated heterocycles. The first-order valence-corrected chi connectivity index (χ1v) is 5.47. The Hall–Kier alpha value is -1.84. The minimum Gasteiger partial charge on any atom is -0.273 e. The summed E-state index contributed by atoms with van der Waals surface area (Å²) in [5, 5.41) is 3.16. The van der Waals surface area contributed by atoms with Crippen molar-refractivity contribution in [2.45, 2.75) is 12.8 Å². The second-order valence-electron chi connectivity index (χ2n) is 4.13. The van der Waals surface area contributed by atoms with E-state index in [0.717, 1.165) is 12.0 Å². The third-order valence-electron chi connectivity index (χ3n) is 3.14. The highest BCUT2D eigenvalue weighted by molar-refractivity contribution is 6.00. The summed E-state index contributed by atoms with van der Waals surface area (Å²) in [7, 11) is 0. The highest BCUT2D eigenvalue weighted by atomic mass is 16.2. The molecule has 1 aromatic carbocycles. The summed E-state index contributed by atoms with van der Waals surface area (Å²) in [4.78, 5) is 24.1. The van der Waals surface area contributed by atoms with Crippen molar-refractivity contribution >= 4 is 11.8 Å². The number of rotatable bonds is 0. The van der Waals surface area contributed by atoms with Gasteiger partial charge >= 0.3 is 0 Å². The summed E-state index contributed by atoms with van der Waals surface area (Å²) in [6.45, 7) is 1.32. The molecule has 0 radical (unpaired) electrons. The minimum atomic E-state index is -0.0426. The maximum Gasteiger partial charge on any atom is 0.272 e. The van der Waals surface area contributed by atoms with Gasteiger partial charge in [-0.2, -0.15) is 0 Å². The van der Waals surface area contributed by atoms with Crippen LogP contribution < -0.4 is 0 Å². The van der Waals surface area contributed by atoms with Gasteiger partial charge in [-0.05, 0) is 18.1 Å². The van der Waals surface area contributed by atoms with Crippen LogP contribution in [0, 0.1) is 0 Å². The molecule has 1 aromatic rings. The summed E-state index contributed by atoms with van der Waals surface area (Å²) in [6.07, 6.45) is 1.21. The molecule has 4 heteroatoms. The molecule has 0 aromatic heterocycles. The number of hydrazine groups is 1. The number of fused-ring (bicyclic) bond motifs is 2. The van der Waals surface area contributed by atoms with Gasteiger partial charge in [-0.25, -0.2) is 5.01 Å². The first-order chi connectivity index (χ1) is 7.77. The second kappa shape index (κ2) is 3.33. The fourth-order valence-corrected chi connectivity index (χ4v) is 2.36. The lowest BCUT2D eigenvalue weighted by molar-refractivity contribution is -0.139. The van der Waals surface area contributed by atoms with Crippen LogP contribution in [-0.4, -0.2) is 34.9 Å². The van der Waals surface area contributed by atoms with Gasteiger partial charge in [0.15, 0.2) is 0 Å². The summed E-state index contributed by atoms with van der Waals surface area (Å²) in [6, 6.07) is 7.36. The summed E-state index contributed by atoms with van der Waals surface area (Å²) >= 11 is 0. The van der Waals surface area contributed by atoms with Crippen LogP contribution in [0.1, 0.15) is 22.3 Å². The van der Waals surface area contributed by atoms with E-state index >= 15 is 0 Å². The predicted octanol–water partition coefficient (Wildman–Crippen LogP) is 0.832. The van der Waals surface area contributed by atoms with Crippen molar-refractivity contribution in [1.29, 1.82) is 0 Å². The van der Waals surface area contributed by atoms with Crippen molar-refractivity contribution < 1.29 is 9.59 Å². The van der Waals surface area contributed by atoms with Crippen molar-refractivity contribution in [3.8, 4) is 0 Å². The molecule has 2 amide bonds. The Bertz CT molecular complexity index is 470. The average molecular weight is 216 g/mol. The van der Waals surface area contributed by atoms with E-state index < -0.39 is 0 Å². The first kappa shape index (κ1) is 9.39. The lowest BCUT2D eigenvalue weighted by Gasteiger charge is -2.25. The zero-order valence-corrected chi connectivity index (χ0v) is 8.85. The second-order valence-corrected chi connectivity index (χ2v) is 4.13. The van der Waals surface area contributed by atoms with Crippen molar-refractivity contribution in [1.82, 2.24) is 10.0 Å². The fraction of sp³-hybridized carbons (Fsp3) is 0.333. The van der Waals surface area contributed by atoms with Gasteiger partial charge in [-0.1, -0.05) is 18.2 Å². The van der Waals surface area contributed by atoms with Crippen LogP contribution in [-0.2, 0) is 11.2 Å². The molecule has 0 spiro atoms. The van der Waals surface area contributed by atoms with Crippen LogP contribution in [0.15, 0.2) is 24.3 Å². The van der Waals surface area contributed by atoms with Gasteiger partial charge in [0.1, 0.15) is 0 Å². The molecule has 0 aliphatic carbocycles. The average Bonchev–Trinajstić information content (AvgIpc) is 2.74. The van der Waals surface area contributed by atoms with Crippen LogP contribution in [0.2, 0.25) is 0 Å². The van der Waals surface area contributed by atoms with Gasteiger partial charge in [0.05, 0.1) is 6.42 Å². The van der Waals surface area contributed by atoms with Gasteiger partial charge in [-0.15, -0.1) is 0 Å².